The van der Waals surface area contributed by atoms with Crippen LogP contribution in [0, 0.1) is 0 Å². The molecule has 2 aliphatic heterocycles. The topological polar surface area (TPSA) is 91.0 Å². The van der Waals surface area contributed by atoms with Crippen LogP contribution >= 0.6 is 11.6 Å². The molecule has 2 aromatic carbocycles. The zero-order valence-electron chi connectivity index (χ0n) is 16.6. The Balaban J connectivity index is 1.38. The lowest BCUT2D eigenvalue weighted by atomic mass is 10.2. The number of carbonyl (C=O) groups is 3. The average molecular weight is 441 g/mol. The van der Waals surface area contributed by atoms with Crippen molar-refractivity contribution in [2.24, 2.45) is 0 Å². The number of ether oxygens (including phenoxy) is 1. The molecule has 1 atom stereocenters. The first-order valence-electron chi connectivity index (χ1n) is 9.80. The summed E-state index contributed by atoms with van der Waals surface area (Å²) >= 11 is 5.87. The quantitative estimate of drug-likeness (QED) is 0.715. The molecular weight excluding hydrogens is 420 g/mol. The van der Waals surface area contributed by atoms with Crippen molar-refractivity contribution in [3.8, 4) is 0 Å². The summed E-state index contributed by atoms with van der Waals surface area (Å²) in [6.07, 6.45) is 3.47. The molecule has 0 spiro atoms. The Bertz CT molecular complexity index is 1010. The van der Waals surface area contributed by atoms with Crippen LogP contribution in [0.15, 0.2) is 60.7 Å². The summed E-state index contributed by atoms with van der Waals surface area (Å²) in [5.41, 5.74) is 1.91. The maximum absolute atomic E-state index is 12.8. The molecule has 9 heteroatoms. The second-order valence-corrected chi connectivity index (χ2v) is 7.53. The third kappa shape index (κ3) is 4.87. The lowest BCUT2D eigenvalue weighted by Gasteiger charge is -2.27. The van der Waals surface area contributed by atoms with Gasteiger partial charge in [-0.2, -0.15) is 0 Å². The molecule has 2 heterocycles. The number of rotatable bonds is 4. The van der Waals surface area contributed by atoms with E-state index in [4.69, 9.17) is 16.3 Å². The number of benzene rings is 2. The van der Waals surface area contributed by atoms with Crippen LogP contribution in [0.2, 0.25) is 5.02 Å². The summed E-state index contributed by atoms with van der Waals surface area (Å²) in [6, 6.07) is 12.6. The van der Waals surface area contributed by atoms with E-state index in [1.165, 1.54) is 4.90 Å². The summed E-state index contributed by atoms with van der Waals surface area (Å²) in [5.74, 6) is -0.420. The minimum absolute atomic E-state index is 0.0699. The molecule has 0 saturated carbocycles. The zero-order chi connectivity index (χ0) is 21.8. The van der Waals surface area contributed by atoms with E-state index in [9.17, 15) is 14.4 Å². The van der Waals surface area contributed by atoms with E-state index < -0.39 is 6.04 Å². The van der Waals surface area contributed by atoms with Crippen LogP contribution in [0.25, 0.3) is 0 Å². The van der Waals surface area contributed by atoms with Crippen LogP contribution in [0.1, 0.15) is 0 Å². The minimum atomic E-state index is -0.729. The van der Waals surface area contributed by atoms with E-state index in [1.807, 2.05) is 0 Å². The van der Waals surface area contributed by atoms with Crippen molar-refractivity contribution in [3.05, 3.63) is 65.7 Å². The Morgan fingerprint density at radius 2 is 1.68 bits per heavy atom. The first kappa shape index (κ1) is 20.9. The van der Waals surface area contributed by atoms with Crippen molar-refractivity contribution >= 4 is 46.5 Å². The van der Waals surface area contributed by atoms with Gasteiger partial charge in [0.2, 0.25) is 0 Å². The fourth-order valence-corrected chi connectivity index (χ4v) is 3.55. The number of halogens is 1. The predicted molar refractivity (Wildman–Crippen MR) is 118 cm³/mol. The zero-order valence-corrected chi connectivity index (χ0v) is 17.3. The Morgan fingerprint density at radius 3 is 2.39 bits per heavy atom. The largest absolute Gasteiger partial charge is 0.370 e. The first-order valence-corrected chi connectivity index (χ1v) is 10.2. The number of carbonyl (C=O) groups excluding carboxylic acids is 3. The van der Waals surface area contributed by atoms with Gasteiger partial charge in [-0.3, -0.25) is 9.59 Å². The van der Waals surface area contributed by atoms with Gasteiger partial charge in [0.15, 0.2) is 0 Å². The van der Waals surface area contributed by atoms with E-state index >= 15 is 0 Å². The average Bonchev–Trinajstić information content (AvgIpc) is 3.27. The predicted octanol–water partition coefficient (Wildman–Crippen LogP) is 3.11. The summed E-state index contributed by atoms with van der Waals surface area (Å²) in [7, 11) is 0. The Labute approximate surface area is 184 Å². The molecule has 0 bridgehead atoms. The van der Waals surface area contributed by atoms with Crippen LogP contribution in [0.3, 0.4) is 0 Å². The molecule has 2 aliphatic rings. The Morgan fingerprint density at radius 1 is 1.00 bits per heavy atom. The maximum atomic E-state index is 12.8. The van der Waals surface area contributed by atoms with Gasteiger partial charge in [0.1, 0.15) is 12.6 Å². The van der Waals surface area contributed by atoms with Crippen LogP contribution < -0.4 is 15.5 Å². The third-order valence-corrected chi connectivity index (χ3v) is 5.27. The molecule has 4 rings (SSSR count). The number of nitrogens with zero attached hydrogens (tertiary/aromatic N) is 2. The lowest BCUT2D eigenvalue weighted by Crippen LogP contribution is -2.45. The smallest absolute Gasteiger partial charge is 0.323 e. The van der Waals surface area contributed by atoms with Crippen LogP contribution in [-0.4, -0.2) is 55.1 Å². The van der Waals surface area contributed by atoms with Crippen molar-refractivity contribution < 1.29 is 19.1 Å². The molecule has 1 fully saturated rings. The Kier molecular flexibility index (Phi) is 6.20. The maximum Gasteiger partial charge on any atom is 0.323 e. The van der Waals surface area contributed by atoms with Gasteiger partial charge in [-0.15, -0.1) is 0 Å². The fourth-order valence-electron chi connectivity index (χ4n) is 3.42. The molecule has 0 radical (unpaired) electrons. The SMILES string of the molecule is O=C(Nc1ccc(N2CCOCC2=O)cc1)C1C=CCN1C(=O)Nc1ccc(Cl)cc1. The highest BCUT2D eigenvalue weighted by atomic mass is 35.5. The summed E-state index contributed by atoms with van der Waals surface area (Å²) < 4.78 is 5.14. The number of anilines is 3. The van der Waals surface area contributed by atoms with Crippen molar-refractivity contribution in [2.75, 3.05) is 41.8 Å². The molecular formula is C22H21ClN4O4. The summed E-state index contributed by atoms with van der Waals surface area (Å²) in [4.78, 5) is 40.5. The van der Waals surface area contributed by atoms with Gasteiger partial charge in [0.05, 0.1) is 6.61 Å². The summed E-state index contributed by atoms with van der Waals surface area (Å²) in [5, 5.41) is 6.16. The van der Waals surface area contributed by atoms with Gasteiger partial charge < -0.3 is 25.2 Å². The fraction of sp³-hybridized carbons (Fsp3) is 0.227. The second-order valence-electron chi connectivity index (χ2n) is 7.10. The highest BCUT2D eigenvalue weighted by Gasteiger charge is 2.30. The standard InChI is InChI=1S/C22H21ClN4O4/c23-15-3-5-17(6-4-15)25-22(30)27-11-1-2-19(27)21(29)24-16-7-9-18(10-8-16)26-12-13-31-14-20(26)28/h1-10,19H,11-14H2,(H,24,29)(H,25,30). The van der Waals surface area contributed by atoms with Crippen molar-refractivity contribution in [2.45, 2.75) is 6.04 Å². The Hall–Kier alpha value is -3.36. The highest BCUT2D eigenvalue weighted by molar-refractivity contribution is 6.30. The van der Waals surface area contributed by atoms with Crippen LogP contribution in [0.5, 0.6) is 0 Å². The molecule has 4 amide bonds. The molecule has 0 aromatic heterocycles. The van der Waals surface area contributed by atoms with E-state index in [0.29, 0.717) is 36.1 Å². The molecule has 2 N–H and O–H groups in total. The van der Waals surface area contributed by atoms with Crippen LogP contribution in [-0.2, 0) is 14.3 Å². The van der Waals surface area contributed by atoms with E-state index in [-0.39, 0.29) is 24.5 Å². The third-order valence-electron chi connectivity index (χ3n) is 5.01. The number of morpholine rings is 1. The summed E-state index contributed by atoms with van der Waals surface area (Å²) in [6.45, 7) is 1.39. The van der Waals surface area contributed by atoms with Crippen molar-refractivity contribution in [3.63, 3.8) is 0 Å². The lowest BCUT2D eigenvalue weighted by molar-refractivity contribution is -0.125. The van der Waals surface area contributed by atoms with Crippen LogP contribution in [0.4, 0.5) is 21.9 Å². The molecule has 2 aromatic rings. The van der Waals surface area contributed by atoms with Gasteiger partial charge in [-0.25, -0.2) is 4.79 Å². The van der Waals surface area contributed by atoms with Gasteiger partial charge >= 0.3 is 6.03 Å². The number of hydrogen-bond acceptors (Lipinski definition) is 4. The number of hydrogen-bond donors (Lipinski definition) is 2. The first-order chi connectivity index (χ1) is 15.0. The van der Waals surface area contributed by atoms with E-state index in [0.717, 1.165) is 5.69 Å². The number of nitrogens with one attached hydrogen (secondary N) is 2. The molecule has 1 unspecified atom stereocenters. The number of amides is 4. The van der Waals surface area contributed by atoms with E-state index in [1.54, 1.807) is 65.6 Å². The van der Waals surface area contributed by atoms with Gasteiger partial charge in [0.25, 0.3) is 11.8 Å². The normalized spacial score (nSPS) is 18.2. The monoisotopic (exact) mass is 440 g/mol. The molecule has 0 aliphatic carbocycles. The molecule has 1 saturated heterocycles. The highest BCUT2D eigenvalue weighted by Crippen LogP contribution is 2.21. The van der Waals surface area contributed by atoms with Gasteiger partial charge in [-0.1, -0.05) is 23.8 Å². The molecule has 31 heavy (non-hydrogen) atoms. The molecule has 8 nitrogen and oxygen atoms in total. The number of urea groups is 1. The minimum Gasteiger partial charge on any atom is -0.370 e. The van der Waals surface area contributed by atoms with Crippen molar-refractivity contribution in [1.29, 1.82) is 0 Å². The van der Waals surface area contributed by atoms with E-state index in [2.05, 4.69) is 10.6 Å². The van der Waals surface area contributed by atoms with Gasteiger partial charge in [0, 0.05) is 35.2 Å². The van der Waals surface area contributed by atoms with Gasteiger partial charge in [-0.05, 0) is 48.5 Å². The molecule has 160 valence electrons. The second kappa shape index (κ2) is 9.20. The van der Waals surface area contributed by atoms with Crippen molar-refractivity contribution in [1.82, 2.24) is 4.90 Å².